The van der Waals surface area contributed by atoms with E-state index in [2.05, 4.69) is 31.0 Å². The molecule has 21 heavy (non-hydrogen) atoms. The number of aromatic nitrogens is 2. The van der Waals surface area contributed by atoms with E-state index < -0.39 is 5.54 Å². The summed E-state index contributed by atoms with van der Waals surface area (Å²) in [6, 6.07) is 0.427. The highest BCUT2D eigenvalue weighted by Crippen LogP contribution is 2.28. The van der Waals surface area contributed by atoms with Crippen LogP contribution in [0, 0.1) is 5.92 Å². The van der Waals surface area contributed by atoms with E-state index in [1.807, 2.05) is 18.7 Å². The first-order chi connectivity index (χ1) is 9.77. The first-order valence-corrected chi connectivity index (χ1v) is 7.81. The van der Waals surface area contributed by atoms with E-state index in [4.69, 9.17) is 11.6 Å². The number of halogens is 1. The molecule has 0 radical (unpaired) electrons. The van der Waals surface area contributed by atoms with Crippen LogP contribution in [0.25, 0.3) is 0 Å². The second-order valence-corrected chi connectivity index (χ2v) is 7.01. The van der Waals surface area contributed by atoms with Crippen LogP contribution in [0.15, 0.2) is 12.4 Å². The molecule has 0 N–H and O–H groups in total. The van der Waals surface area contributed by atoms with Crippen molar-refractivity contribution >= 4 is 17.5 Å². The fourth-order valence-electron chi connectivity index (χ4n) is 3.10. The third kappa shape index (κ3) is 3.09. The lowest BCUT2D eigenvalue weighted by atomic mass is 10.0. The standard InChI is InChI=1S/C15H25ClN4O/c1-6-11-8-19(10-13(11)18(4)5)14(21)15(2,3)20-9-12(16)7-17-20/h7,9,11,13H,6,8,10H2,1-5H3. The van der Waals surface area contributed by atoms with Crippen molar-refractivity contribution in [1.82, 2.24) is 19.6 Å². The van der Waals surface area contributed by atoms with Crippen molar-refractivity contribution in [2.75, 3.05) is 27.2 Å². The molecule has 1 aliphatic rings. The monoisotopic (exact) mass is 312 g/mol. The van der Waals surface area contributed by atoms with Crippen LogP contribution in [-0.4, -0.2) is 58.7 Å². The lowest BCUT2D eigenvalue weighted by molar-refractivity contribution is -0.138. The number of likely N-dealkylation sites (N-methyl/N-ethyl adjacent to an activating group) is 1. The maximum absolute atomic E-state index is 12.9. The minimum Gasteiger partial charge on any atom is -0.339 e. The summed E-state index contributed by atoms with van der Waals surface area (Å²) in [5, 5.41) is 4.75. The van der Waals surface area contributed by atoms with Gasteiger partial charge in [0.05, 0.1) is 11.2 Å². The molecule has 1 amide bonds. The fraction of sp³-hybridized carbons (Fsp3) is 0.733. The number of carbonyl (C=O) groups excluding carboxylic acids is 1. The van der Waals surface area contributed by atoms with E-state index in [1.165, 1.54) is 0 Å². The second-order valence-electron chi connectivity index (χ2n) is 6.57. The average Bonchev–Trinajstić information content (AvgIpc) is 3.03. The van der Waals surface area contributed by atoms with Crippen molar-refractivity contribution < 1.29 is 4.79 Å². The van der Waals surface area contributed by atoms with Crippen LogP contribution in [0.5, 0.6) is 0 Å². The first-order valence-electron chi connectivity index (χ1n) is 7.43. The quantitative estimate of drug-likeness (QED) is 0.854. The molecule has 2 unspecified atom stereocenters. The van der Waals surface area contributed by atoms with E-state index in [9.17, 15) is 4.79 Å². The summed E-state index contributed by atoms with van der Waals surface area (Å²) < 4.78 is 1.65. The van der Waals surface area contributed by atoms with Gasteiger partial charge in [-0.05, 0) is 33.9 Å². The molecule has 0 spiro atoms. The van der Waals surface area contributed by atoms with Crippen LogP contribution >= 0.6 is 11.6 Å². The topological polar surface area (TPSA) is 41.4 Å². The third-order valence-electron chi connectivity index (χ3n) is 4.53. The zero-order valence-electron chi connectivity index (χ0n) is 13.5. The van der Waals surface area contributed by atoms with Crippen LogP contribution in [0.3, 0.4) is 0 Å². The largest absolute Gasteiger partial charge is 0.339 e. The highest BCUT2D eigenvalue weighted by atomic mass is 35.5. The Labute approximate surface area is 131 Å². The first kappa shape index (κ1) is 16.3. The van der Waals surface area contributed by atoms with Gasteiger partial charge >= 0.3 is 0 Å². The molecule has 0 bridgehead atoms. The Morgan fingerprint density at radius 1 is 1.48 bits per heavy atom. The number of likely N-dealkylation sites (tertiary alicyclic amines) is 1. The molecule has 118 valence electrons. The second kappa shape index (κ2) is 5.97. The molecule has 0 aliphatic carbocycles. The minimum atomic E-state index is -0.716. The van der Waals surface area contributed by atoms with Gasteiger partial charge in [-0.1, -0.05) is 24.9 Å². The van der Waals surface area contributed by atoms with Gasteiger partial charge in [0, 0.05) is 25.3 Å². The Kier molecular flexibility index (Phi) is 4.63. The van der Waals surface area contributed by atoms with E-state index in [-0.39, 0.29) is 5.91 Å². The molecule has 1 aliphatic heterocycles. The minimum absolute atomic E-state index is 0.102. The van der Waals surface area contributed by atoms with Crippen molar-refractivity contribution in [3.63, 3.8) is 0 Å². The lowest BCUT2D eigenvalue weighted by Gasteiger charge is -2.30. The molecular weight excluding hydrogens is 288 g/mol. The maximum Gasteiger partial charge on any atom is 0.250 e. The van der Waals surface area contributed by atoms with Gasteiger partial charge in [0.1, 0.15) is 5.54 Å². The number of hydrogen-bond donors (Lipinski definition) is 0. The molecule has 2 atom stereocenters. The maximum atomic E-state index is 12.9. The zero-order valence-corrected chi connectivity index (χ0v) is 14.3. The number of hydrogen-bond acceptors (Lipinski definition) is 3. The van der Waals surface area contributed by atoms with Gasteiger partial charge in [-0.2, -0.15) is 5.10 Å². The highest BCUT2D eigenvalue weighted by Gasteiger charge is 2.41. The van der Waals surface area contributed by atoms with Crippen molar-refractivity contribution in [1.29, 1.82) is 0 Å². The molecule has 6 heteroatoms. The predicted octanol–water partition coefficient (Wildman–Crippen LogP) is 2.07. The summed E-state index contributed by atoms with van der Waals surface area (Å²) in [6.07, 6.45) is 4.36. The predicted molar refractivity (Wildman–Crippen MR) is 84.4 cm³/mol. The Balaban J connectivity index is 2.17. The normalized spacial score (nSPS) is 23.1. The summed E-state index contributed by atoms with van der Waals surface area (Å²) >= 11 is 5.93. The lowest BCUT2D eigenvalue weighted by Crippen LogP contribution is -2.47. The molecular formula is C15H25ClN4O. The Bertz CT molecular complexity index is 512. The fourth-order valence-corrected chi connectivity index (χ4v) is 3.23. The molecule has 2 heterocycles. The van der Waals surface area contributed by atoms with Crippen LogP contribution < -0.4 is 0 Å². The third-order valence-corrected chi connectivity index (χ3v) is 4.72. The van der Waals surface area contributed by atoms with Gasteiger partial charge in [0.25, 0.3) is 0 Å². The van der Waals surface area contributed by atoms with Crippen LogP contribution in [-0.2, 0) is 10.3 Å². The Morgan fingerprint density at radius 2 is 2.14 bits per heavy atom. The molecule has 0 saturated carbocycles. The van der Waals surface area contributed by atoms with Crippen LogP contribution in [0.1, 0.15) is 27.2 Å². The SMILES string of the molecule is CCC1CN(C(=O)C(C)(C)n2cc(Cl)cn2)CC1N(C)C. The van der Waals surface area contributed by atoms with Crippen molar-refractivity contribution in [2.45, 2.75) is 38.8 Å². The molecule has 1 aromatic rings. The molecule has 1 fully saturated rings. The molecule has 2 rings (SSSR count). The number of carbonyl (C=O) groups is 1. The summed E-state index contributed by atoms with van der Waals surface area (Å²) in [6.45, 7) is 7.57. The van der Waals surface area contributed by atoms with Crippen LogP contribution in [0.2, 0.25) is 5.02 Å². The van der Waals surface area contributed by atoms with Gasteiger partial charge in [-0.25, -0.2) is 0 Å². The number of nitrogens with zero attached hydrogens (tertiary/aromatic N) is 4. The summed E-state index contributed by atoms with van der Waals surface area (Å²) in [5.74, 6) is 0.631. The average molecular weight is 313 g/mol. The van der Waals surface area contributed by atoms with Crippen molar-refractivity contribution in [3.8, 4) is 0 Å². The summed E-state index contributed by atoms with van der Waals surface area (Å²) in [4.78, 5) is 17.1. The zero-order chi connectivity index (χ0) is 15.8. The van der Waals surface area contributed by atoms with Gasteiger partial charge in [0.15, 0.2) is 0 Å². The number of rotatable bonds is 4. The van der Waals surface area contributed by atoms with Gasteiger partial charge < -0.3 is 9.80 Å². The van der Waals surface area contributed by atoms with E-state index in [1.54, 1.807) is 17.1 Å². The van der Waals surface area contributed by atoms with Crippen LogP contribution in [0.4, 0.5) is 0 Å². The van der Waals surface area contributed by atoms with E-state index >= 15 is 0 Å². The summed E-state index contributed by atoms with van der Waals surface area (Å²) in [7, 11) is 4.17. The molecule has 5 nitrogen and oxygen atoms in total. The Hall–Kier alpha value is -1.07. The van der Waals surface area contributed by atoms with E-state index in [0.29, 0.717) is 17.0 Å². The van der Waals surface area contributed by atoms with Gasteiger partial charge in [-0.3, -0.25) is 9.48 Å². The summed E-state index contributed by atoms with van der Waals surface area (Å²) in [5.41, 5.74) is -0.716. The van der Waals surface area contributed by atoms with Crippen molar-refractivity contribution in [3.05, 3.63) is 17.4 Å². The smallest absolute Gasteiger partial charge is 0.250 e. The van der Waals surface area contributed by atoms with Gasteiger partial charge in [0.2, 0.25) is 5.91 Å². The van der Waals surface area contributed by atoms with E-state index in [0.717, 1.165) is 19.5 Å². The molecule has 0 aromatic carbocycles. The van der Waals surface area contributed by atoms with Gasteiger partial charge in [-0.15, -0.1) is 0 Å². The van der Waals surface area contributed by atoms with Crippen molar-refractivity contribution in [2.24, 2.45) is 5.92 Å². The Morgan fingerprint density at radius 3 is 2.57 bits per heavy atom. The number of amides is 1. The molecule has 1 saturated heterocycles. The highest BCUT2D eigenvalue weighted by molar-refractivity contribution is 6.30. The molecule has 1 aromatic heterocycles.